The smallest absolute Gasteiger partial charge is 0.311 e. The molecule has 0 aliphatic heterocycles. The van der Waals surface area contributed by atoms with Crippen molar-refractivity contribution in [3.05, 3.63) is 0 Å². The van der Waals surface area contributed by atoms with E-state index in [1.807, 2.05) is 13.8 Å². The van der Waals surface area contributed by atoms with E-state index in [1.54, 1.807) is 0 Å². The minimum Gasteiger partial charge on any atom is -0.465 e. The van der Waals surface area contributed by atoms with E-state index in [2.05, 4.69) is 0 Å². The third-order valence-corrected chi connectivity index (χ3v) is 3.22. The number of hydrogen-bond donors (Lipinski definition) is 0. The Kier molecular flexibility index (Phi) is 6.46. The molecule has 0 bridgehead atoms. The van der Waals surface area contributed by atoms with Crippen molar-refractivity contribution >= 4 is 5.97 Å². The highest BCUT2D eigenvalue weighted by molar-refractivity contribution is 5.73. The van der Waals surface area contributed by atoms with Gasteiger partial charge in [-0.15, -0.1) is 0 Å². The Morgan fingerprint density at radius 1 is 1.31 bits per heavy atom. The number of carbonyl (C=O) groups is 1. The highest BCUT2D eigenvalue weighted by atomic mass is 16.5. The van der Waals surface area contributed by atoms with Gasteiger partial charge in [0.2, 0.25) is 0 Å². The van der Waals surface area contributed by atoms with Crippen LogP contribution in [0.2, 0.25) is 0 Å². The van der Waals surface area contributed by atoms with Crippen LogP contribution in [-0.4, -0.2) is 25.8 Å². The molecule has 1 saturated carbocycles. The van der Waals surface area contributed by atoms with Crippen molar-refractivity contribution in [1.82, 2.24) is 0 Å². The zero-order valence-corrected chi connectivity index (χ0v) is 10.5. The van der Waals surface area contributed by atoms with E-state index in [1.165, 1.54) is 12.8 Å². The first kappa shape index (κ1) is 13.5. The highest BCUT2D eigenvalue weighted by Gasteiger charge is 2.31. The van der Waals surface area contributed by atoms with Crippen LogP contribution in [0, 0.1) is 11.8 Å². The van der Waals surface area contributed by atoms with Gasteiger partial charge in [-0.3, -0.25) is 4.79 Å². The van der Waals surface area contributed by atoms with Gasteiger partial charge < -0.3 is 9.47 Å². The Morgan fingerprint density at radius 3 is 2.56 bits per heavy atom. The maximum absolute atomic E-state index is 11.9. The highest BCUT2D eigenvalue weighted by Crippen LogP contribution is 2.32. The summed E-state index contributed by atoms with van der Waals surface area (Å²) in [7, 11) is 0. The van der Waals surface area contributed by atoms with Gasteiger partial charge in [-0.1, -0.05) is 19.8 Å². The number of rotatable bonds is 7. The quantitative estimate of drug-likeness (QED) is 0.628. The van der Waals surface area contributed by atoms with E-state index >= 15 is 0 Å². The predicted molar refractivity (Wildman–Crippen MR) is 63.2 cm³/mol. The Balaban J connectivity index is 2.44. The van der Waals surface area contributed by atoms with Crippen LogP contribution in [0.15, 0.2) is 0 Å². The summed E-state index contributed by atoms with van der Waals surface area (Å²) < 4.78 is 10.7. The van der Waals surface area contributed by atoms with Crippen LogP contribution < -0.4 is 0 Å². The second-order valence-corrected chi connectivity index (χ2v) is 4.48. The molecule has 94 valence electrons. The number of hydrogen-bond acceptors (Lipinski definition) is 3. The van der Waals surface area contributed by atoms with Crippen molar-refractivity contribution in [3.8, 4) is 0 Å². The van der Waals surface area contributed by atoms with Crippen LogP contribution in [0.3, 0.4) is 0 Å². The van der Waals surface area contributed by atoms with E-state index in [-0.39, 0.29) is 11.9 Å². The molecule has 0 spiro atoms. The van der Waals surface area contributed by atoms with Gasteiger partial charge in [-0.2, -0.15) is 0 Å². The molecule has 0 aromatic rings. The average molecular weight is 228 g/mol. The first-order valence-corrected chi connectivity index (χ1v) is 6.54. The first-order valence-electron chi connectivity index (χ1n) is 6.54. The monoisotopic (exact) mass is 228 g/mol. The van der Waals surface area contributed by atoms with Gasteiger partial charge >= 0.3 is 5.97 Å². The summed E-state index contributed by atoms with van der Waals surface area (Å²) in [6, 6.07) is 0. The van der Waals surface area contributed by atoms with Crippen molar-refractivity contribution in [1.29, 1.82) is 0 Å². The summed E-state index contributed by atoms with van der Waals surface area (Å²) in [5, 5.41) is 0. The van der Waals surface area contributed by atoms with Gasteiger partial charge in [-0.05, 0) is 32.1 Å². The average Bonchev–Trinajstić information content (AvgIpc) is 2.80. The molecule has 0 saturated heterocycles. The molecule has 0 heterocycles. The molecular formula is C13H24O3. The van der Waals surface area contributed by atoms with Crippen LogP contribution in [0.5, 0.6) is 0 Å². The number of carbonyl (C=O) groups excluding carboxylic acids is 1. The molecule has 0 N–H and O–H groups in total. The Morgan fingerprint density at radius 2 is 2.00 bits per heavy atom. The lowest BCUT2D eigenvalue weighted by Crippen LogP contribution is -2.29. The van der Waals surface area contributed by atoms with Gasteiger partial charge in [0, 0.05) is 6.61 Å². The summed E-state index contributed by atoms with van der Waals surface area (Å²) >= 11 is 0. The van der Waals surface area contributed by atoms with Crippen LogP contribution in [0.1, 0.15) is 46.0 Å². The molecule has 0 amide bonds. The summed E-state index contributed by atoms with van der Waals surface area (Å²) in [5.74, 6) is 0.395. The van der Waals surface area contributed by atoms with Gasteiger partial charge in [0.25, 0.3) is 0 Å². The van der Waals surface area contributed by atoms with Crippen molar-refractivity contribution in [3.63, 3.8) is 0 Å². The number of esters is 1. The molecule has 1 unspecified atom stereocenters. The minimum absolute atomic E-state index is 0.0333. The molecule has 1 fully saturated rings. The fourth-order valence-corrected chi connectivity index (χ4v) is 2.31. The summed E-state index contributed by atoms with van der Waals surface area (Å²) in [5.41, 5.74) is 0. The molecule has 3 heteroatoms. The Bertz CT molecular complexity index is 197. The molecule has 0 aromatic carbocycles. The lowest BCUT2D eigenvalue weighted by Gasteiger charge is -2.21. The SMILES string of the molecule is CCCOC(=O)C(COCC)C1CCCC1. The zero-order chi connectivity index (χ0) is 11.8. The van der Waals surface area contributed by atoms with Gasteiger partial charge in [0.1, 0.15) is 0 Å². The van der Waals surface area contributed by atoms with Crippen molar-refractivity contribution in [2.75, 3.05) is 19.8 Å². The van der Waals surface area contributed by atoms with E-state index in [4.69, 9.17) is 9.47 Å². The molecule has 1 aliphatic carbocycles. The Labute approximate surface area is 98.5 Å². The molecule has 1 atom stereocenters. The third-order valence-electron chi connectivity index (χ3n) is 3.22. The van der Waals surface area contributed by atoms with Crippen LogP contribution in [0.25, 0.3) is 0 Å². The Hall–Kier alpha value is -0.570. The van der Waals surface area contributed by atoms with E-state index in [0.29, 0.717) is 25.7 Å². The fraction of sp³-hybridized carbons (Fsp3) is 0.923. The molecule has 16 heavy (non-hydrogen) atoms. The lowest BCUT2D eigenvalue weighted by atomic mass is 9.91. The van der Waals surface area contributed by atoms with Crippen molar-refractivity contribution < 1.29 is 14.3 Å². The van der Waals surface area contributed by atoms with Crippen LogP contribution in [0.4, 0.5) is 0 Å². The molecule has 0 aromatic heterocycles. The second kappa shape index (κ2) is 7.66. The summed E-state index contributed by atoms with van der Waals surface area (Å²) in [4.78, 5) is 11.9. The third kappa shape index (κ3) is 4.12. The van der Waals surface area contributed by atoms with Crippen LogP contribution in [-0.2, 0) is 14.3 Å². The van der Waals surface area contributed by atoms with E-state index in [9.17, 15) is 4.79 Å². The van der Waals surface area contributed by atoms with Crippen LogP contribution >= 0.6 is 0 Å². The van der Waals surface area contributed by atoms with Gasteiger partial charge in [-0.25, -0.2) is 0 Å². The molecule has 0 radical (unpaired) electrons. The van der Waals surface area contributed by atoms with Crippen molar-refractivity contribution in [2.24, 2.45) is 11.8 Å². The number of ether oxygens (including phenoxy) is 2. The predicted octanol–water partition coefficient (Wildman–Crippen LogP) is 2.78. The molecule has 1 rings (SSSR count). The van der Waals surface area contributed by atoms with Crippen molar-refractivity contribution in [2.45, 2.75) is 46.0 Å². The molecular weight excluding hydrogens is 204 g/mol. The fourth-order valence-electron chi connectivity index (χ4n) is 2.31. The maximum atomic E-state index is 11.9. The standard InChI is InChI=1S/C13H24O3/c1-3-9-16-13(14)12(10-15-4-2)11-7-5-6-8-11/h11-12H,3-10H2,1-2H3. The van der Waals surface area contributed by atoms with Gasteiger partial charge in [0.05, 0.1) is 19.1 Å². The van der Waals surface area contributed by atoms with E-state index in [0.717, 1.165) is 19.3 Å². The largest absolute Gasteiger partial charge is 0.465 e. The first-order chi connectivity index (χ1) is 7.79. The second-order valence-electron chi connectivity index (χ2n) is 4.48. The topological polar surface area (TPSA) is 35.5 Å². The zero-order valence-electron chi connectivity index (χ0n) is 10.5. The maximum Gasteiger partial charge on any atom is 0.311 e. The minimum atomic E-state index is -0.0535. The van der Waals surface area contributed by atoms with Gasteiger partial charge in [0.15, 0.2) is 0 Å². The molecule has 1 aliphatic rings. The summed E-state index contributed by atoms with van der Waals surface area (Å²) in [6.45, 7) is 5.71. The van der Waals surface area contributed by atoms with E-state index < -0.39 is 0 Å². The normalized spacial score (nSPS) is 18.6. The lowest BCUT2D eigenvalue weighted by molar-refractivity contribution is -0.153. The molecule has 3 nitrogen and oxygen atoms in total. The summed E-state index contributed by atoms with van der Waals surface area (Å²) in [6.07, 6.45) is 5.68.